The molecule has 0 radical (unpaired) electrons. The first-order valence-electron chi connectivity index (χ1n) is 5.06. The molecule has 0 saturated heterocycles. The van der Waals surface area contributed by atoms with Crippen LogP contribution in [0.15, 0.2) is 27.2 Å². The van der Waals surface area contributed by atoms with Gasteiger partial charge in [0, 0.05) is 10.0 Å². The van der Waals surface area contributed by atoms with Gasteiger partial charge in [-0.1, -0.05) is 21.1 Å². The summed E-state index contributed by atoms with van der Waals surface area (Å²) in [5, 5.41) is 3.52. The van der Waals surface area contributed by atoms with E-state index in [2.05, 4.69) is 30.6 Å². The SMILES string of the molecule is O=C(Cc1nc(-c2cc(F)ccc2Br)no1)C(F)F. The predicted octanol–water partition coefficient (Wildman–Crippen LogP) is 3.01. The number of Topliss-reactive ketones (excluding diaryl/α,β-unsaturated/α-hetero) is 1. The topological polar surface area (TPSA) is 56.0 Å². The summed E-state index contributed by atoms with van der Waals surface area (Å²) in [6.07, 6.45) is -3.74. The molecule has 0 N–H and O–H groups in total. The van der Waals surface area contributed by atoms with Crippen molar-refractivity contribution in [1.29, 1.82) is 0 Å². The Bertz CT molecular complexity index is 616. The maximum atomic E-state index is 13.1. The van der Waals surface area contributed by atoms with Crippen molar-refractivity contribution in [3.8, 4) is 11.4 Å². The van der Waals surface area contributed by atoms with Gasteiger partial charge in [0.05, 0.1) is 6.42 Å². The van der Waals surface area contributed by atoms with Gasteiger partial charge in [-0.3, -0.25) is 4.79 Å². The van der Waals surface area contributed by atoms with Crippen molar-refractivity contribution >= 4 is 21.7 Å². The molecule has 2 rings (SSSR count). The van der Waals surface area contributed by atoms with Crippen molar-refractivity contribution in [2.45, 2.75) is 12.8 Å². The van der Waals surface area contributed by atoms with Crippen LogP contribution in [0.2, 0.25) is 0 Å². The number of nitrogens with zero attached hydrogens (tertiary/aromatic N) is 2. The van der Waals surface area contributed by atoms with Crippen molar-refractivity contribution in [2.24, 2.45) is 0 Å². The van der Waals surface area contributed by atoms with Gasteiger partial charge in [0.2, 0.25) is 17.5 Å². The fourth-order valence-electron chi connectivity index (χ4n) is 1.33. The quantitative estimate of drug-likeness (QED) is 0.862. The van der Waals surface area contributed by atoms with Crippen LogP contribution in [-0.4, -0.2) is 22.3 Å². The molecule has 1 heterocycles. The lowest BCUT2D eigenvalue weighted by atomic mass is 10.2. The maximum Gasteiger partial charge on any atom is 0.296 e. The number of carbonyl (C=O) groups is 1. The highest BCUT2D eigenvalue weighted by atomic mass is 79.9. The van der Waals surface area contributed by atoms with Gasteiger partial charge in [-0.2, -0.15) is 4.98 Å². The second-order valence-electron chi connectivity index (χ2n) is 3.58. The summed E-state index contributed by atoms with van der Waals surface area (Å²) >= 11 is 3.18. The van der Waals surface area contributed by atoms with E-state index in [1.54, 1.807) is 0 Å². The number of alkyl halides is 2. The van der Waals surface area contributed by atoms with Crippen LogP contribution in [0.1, 0.15) is 5.89 Å². The van der Waals surface area contributed by atoms with E-state index in [9.17, 15) is 18.0 Å². The third kappa shape index (κ3) is 3.19. The van der Waals surface area contributed by atoms with Gasteiger partial charge >= 0.3 is 0 Å². The monoisotopic (exact) mass is 334 g/mol. The summed E-state index contributed by atoms with van der Waals surface area (Å²) in [6.45, 7) is 0. The number of hydrogen-bond donors (Lipinski definition) is 0. The second-order valence-corrected chi connectivity index (χ2v) is 4.43. The molecule has 19 heavy (non-hydrogen) atoms. The number of aromatic nitrogens is 2. The standard InChI is InChI=1S/C11H6BrF3N2O2/c12-7-2-1-5(13)3-6(7)11-16-9(19-17-11)4-8(18)10(14)15/h1-3,10H,4H2. The fourth-order valence-corrected chi connectivity index (χ4v) is 1.76. The van der Waals surface area contributed by atoms with E-state index in [0.29, 0.717) is 10.0 Å². The number of benzene rings is 1. The zero-order valence-corrected chi connectivity index (χ0v) is 10.8. The Morgan fingerprint density at radius 3 is 2.84 bits per heavy atom. The Morgan fingerprint density at radius 2 is 2.16 bits per heavy atom. The minimum Gasteiger partial charge on any atom is -0.338 e. The molecule has 1 aromatic carbocycles. The van der Waals surface area contributed by atoms with E-state index in [-0.39, 0.29) is 11.7 Å². The van der Waals surface area contributed by atoms with Gasteiger partial charge in [0.15, 0.2) is 0 Å². The van der Waals surface area contributed by atoms with Crippen molar-refractivity contribution < 1.29 is 22.5 Å². The van der Waals surface area contributed by atoms with Gasteiger partial charge in [0.25, 0.3) is 6.43 Å². The average molecular weight is 335 g/mol. The highest BCUT2D eigenvalue weighted by Gasteiger charge is 2.20. The number of hydrogen-bond acceptors (Lipinski definition) is 4. The lowest BCUT2D eigenvalue weighted by Gasteiger charge is -1.98. The number of rotatable bonds is 4. The first-order chi connectivity index (χ1) is 8.97. The van der Waals surface area contributed by atoms with Crippen LogP contribution in [0.5, 0.6) is 0 Å². The van der Waals surface area contributed by atoms with Crippen LogP contribution >= 0.6 is 15.9 Å². The van der Waals surface area contributed by atoms with Crippen molar-refractivity contribution in [2.75, 3.05) is 0 Å². The molecule has 0 amide bonds. The molecule has 1 aromatic heterocycles. The van der Waals surface area contributed by atoms with Crippen LogP contribution < -0.4 is 0 Å². The highest BCUT2D eigenvalue weighted by molar-refractivity contribution is 9.10. The molecule has 0 aliphatic carbocycles. The zero-order chi connectivity index (χ0) is 14.0. The molecular weight excluding hydrogens is 329 g/mol. The molecule has 0 atom stereocenters. The average Bonchev–Trinajstić information content (AvgIpc) is 2.80. The van der Waals surface area contributed by atoms with Crippen LogP contribution in [0.25, 0.3) is 11.4 Å². The Balaban J connectivity index is 2.26. The molecule has 0 bridgehead atoms. The molecule has 2 aromatic rings. The Kier molecular flexibility index (Phi) is 3.98. The van der Waals surface area contributed by atoms with Crippen LogP contribution in [-0.2, 0) is 11.2 Å². The van der Waals surface area contributed by atoms with Crippen molar-refractivity contribution in [3.63, 3.8) is 0 Å². The molecule has 0 aliphatic rings. The third-order valence-corrected chi connectivity index (χ3v) is 2.90. The summed E-state index contributed by atoms with van der Waals surface area (Å²) in [4.78, 5) is 14.6. The zero-order valence-electron chi connectivity index (χ0n) is 9.24. The van der Waals surface area contributed by atoms with E-state index in [1.807, 2.05) is 0 Å². The minimum absolute atomic E-state index is 0.0171. The summed E-state index contributed by atoms with van der Waals surface area (Å²) in [5.41, 5.74) is 0.305. The summed E-state index contributed by atoms with van der Waals surface area (Å²) in [7, 11) is 0. The molecule has 0 spiro atoms. The Hall–Kier alpha value is -1.70. The van der Waals surface area contributed by atoms with Gasteiger partial charge < -0.3 is 4.52 Å². The first-order valence-corrected chi connectivity index (χ1v) is 5.85. The van der Waals surface area contributed by atoms with E-state index >= 15 is 0 Å². The maximum absolute atomic E-state index is 13.1. The van der Waals surface area contributed by atoms with E-state index in [0.717, 1.165) is 6.07 Å². The Labute approximate surface area is 113 Å². The molecule has 100 valence electrons. The minimum atomic E-state index is -3.09. The van der Waals surface area contributed by atoms with Crippen molar-refractivity contribution in [3.05, 3.63) is 34.4 Å². The van der Waals surface area contributed by atoms with Gasteiger partial charge in [0.1, 0.15) is 5.82 Å². The molecule has 0 saturated carbocycles. The van der Waals surface area contributed by atoms with Crippen molar-refractivity contribution in [1.82, 2.24) is 10.1 Å². The molecule has 4 nitrogen and oxygen atoms in total. The normalized spacial score (nSPS) is 11.0. The lowest BCUT2D eigenvalue weighted by molar-refractivity contribution is -0.129. The van der Waals surface area contributed by atoms with E-state index in [1.165, 1.54) is 12.1 Å². The van der Waals surface area contributed by atoms with Crippen LogP contribution in [0.4, 0.5) is 13.2 Å². The van der Waals surface area contributed by atoms with Gasteiger partial charge in [-0.05, 0) is 18.2 Å². The predicted molar refractivity (Wildman–Crippen MR) is 62.1 cm³/mol. The summed E-state index contributed by atoms with van der Waals surface area (Å²) in [5.74, 6) is -2.04. The fraction of sp³-hybridized carbons (Fsp3) is 0.182. The largest absolute Gasteiger partial charge is 0.338 e. The molecule has 0 unspecified atom stereocenters. The molecular formula is C11H6BrF3N2O2. The van der Waals surface area contributed by atoms with Gasteiger partial charge in [-0.25, -0.2) is 13.2 Å². The second kappa shape index (κ2) is 5.52. The summed E-state index contributed by atoms with van der Waals surface area (Å²) < 4.78 is 42.4. The highest BCUT2D eigenvalue weighted by Crippen LogP contribution is 2.26. The number of halogens is 4. The van der Waals surface area contributed by atoms with Crippen LogP contribution in [0.3, 0.4) is 0 Å². The Morgan fingerprint density at radius 1 is 1.42 bits per heavy atom. The third-order valence-electron chi connectivity index (χ3n) is 2.21. The summed E-state index contributed by atoms with van der Waals surface area (Å²) in [6, 6.07) is 3.84. The van der Waals surface area contributed by atoms with E-state index in [4.69, 9.17) is 0 Å². The smallest absolute Gasteiger partial charge is 0.296 e. The molecule has 8 heteroatoms. The molecule has 0 fully saturated rings. The lowest BCUT2D eigenvalue weighted by Crippen LogP contribution is -2.12. The molecule has 0 aliphatic heterocycles. The number of ketones is 1. The van der Waals surface area contributed by atoms with Crippen LogP contribution in [0, 0.1) is 5.82 Å². The number of carbonyl (C=O) groups excluding carboxylic acids is 1. The van der Waals surface area contributed by atoms with Gasteiger partial charge in [-0.15, -0.1) is 0 Å². The first kappa shape index (κ1) is 13.7. The van der Waals surface area contributed by atoms with E-state index < -0.39 is 24.4 Å².